The minimum absolute atomic E-state index is 0.579. The standard InChI is InChI=1S/C12H15N3/c1-9-5-3-4-6-11(9)8-15-7-10(2)14-12(15)13/h3-7H,8H2,1-2H3,(H2,13,14). The number of benzene rings is 1. The molecule has 0 aliphatic rings. The molecule has 0 saturated carbocycles. The number of rotatable bonds is 2. The van der Waals surface area contributed by atoms with Crippen molar-refractivity contribution in [2.75, 3.05) is 5.73 Å². The molecule has 0 aliphatic carbocycles. The lowest BCUT2D eigenvalue weighted by atomic mass is 10.1. The summed E-state index contributed by atoms with van der Waals surface area (Å²) >= 11 is 0. The molecule has 15 heavy (non-hydrogen) atoms. The van der Waals surface area contributed by atoms with Crippen LogP contribution in [0.25, 0.3) is 0 Å². The number of anilines is 1. The molecule has 2 N–H and O–H groups in total. The van der Waals surface area contributed by atoms with E-state index < -0.39 is 0 Å². The highest BCUT2D eigenvalue weighted by Gasteiger charge is 2.03. The molecule has 0 aliphatic heterocycles. The molecule has 2 aromatic rings. The third-order valence-electron chi connectivity index (χ3n) is 2.53. The van der Waals surface area contributed by atoms with Crippen molar-refractivity contribution in [3.63, 3.8) is 0 Å². The van der Waals surface area contributed by atoms with Crippen molar-refractivity contribution >= 4 is 5.95 Å². The zero-order chi connectivity index (χ0) is 10.8. The van der Waals surface area contributed by atoms with Crippen LogP contribution in [-0.2, 0) is 6.54 Å². The lowest BCUT2D eigenvalue weighted by Gasteiger charge is -2.07. The summed E-state index contributed by atoms with van der Waals surface area (Å²) in [5.74, 6) is 0.579. The van der Waals surface area contributed by atoms with E-state index >= 15 is 0 Å². The van der Waals surface area contributed by atoms with Gasteiger partial charge in [-0.3, -0.25) is 0 Å². The van der Waals surface area contributed by atoms with E-state index in [1.54, 1.807) is 0 Å². The molecule has 0 atom stereocenters. The highest BCUT2D eigenvalue weighted by Crippen LogP contribution is 2.12. The molecule has 0 saturated heterocycles. The fraction of sp³-hybridized carbons (Fsp3) is 0.250. The van der Waals surface area contributed by atoms with Crippen LogP contribution in [0.4, 0.5) is 5.95 Å². The summed E-state index contributed by atoms with van der Waals surface area (Å²) in [7, 11) is 0. The lowest BCUT2D eigenvalue weighted by Crippen LogP contribution is -2.04. The van der Waals surface area contributed by atoms with Gasteiger partial charge in [0.05, 0.1) is 12.2 Å². The fourth-order valence-electron chi connectivity index (χ4n) is 1.66. The van der Waals surface area contributed by atoms with E-state index in [2.05, 4.69) is 24.0 Å². The predicted molar refractivity (Wildman–Crippen MR) is 61.7 cm³/mol. The maximum Gasteiger partial charge on any atom is 0.200 e. The van der Waals surface area contributed by atoms with Gasteiger partial charge in [0, 0.05) is 6.20 Å². The predicted octanol–water partition coefficient (Wildman–Crippen LogP) is 2.13. The summed E-state index contributed by atoms with van der Waals surface area (Å²) in [5, 5.41) is 0. The summed E-state index contributed by atoms with van der Waals surface area (Å²) in [6, 6.07) is 8.31. The first-order chi connectivity index (χ1) is 7.16. The molecule has 0 radical (unpaired) electrons. The van der Waals surface area contributed by atoms with E-state index in [-0.39, 0.29) is 0 Å². The van der Waals surface area contributed by atoms with Gasteiger partial charge in [-0.2, -0.15) is 0 Å². The van der Waals surface area contributed by atoms with Crippen molar-refractivity contribution in [2.24, 2.45) is 0 Å². The van der Waals surface area contributed by atoms with Gasteiger partial charge in [0.1, 0.15) is 0 Å². The number of nitrogens with two attached hydrogens (primary N) is 1. The maximum absolute atomic E-state index is 5.79. The van der Waals surface area contributed by atoms with Crippen molar-refractivity contribution in [3.8, 4) is 0 Å². The van der Waals surface area contributed by atoms with E-state index in [4.69, 9.17) is 5.73 Å². The summed E-state index contributed by atoms with van der Waals surface area (Å²) in [6.07, 6.45) is 1.97. The molecule has 78 valence electrons. The van der Waals surface area contributed by atoms with Crippen molar-refractivity contribution < 1.29 is 0 Å². The van der Waals surface area contributed by atoms with Crippen LogP contribution >= 0.6 is 0 Å². The highest BCUT2D eigenvalue weighted by atomic mass is 15.1. The zero-order valence-electron chi connectivity index (χ0n) is 9.07. The Kier molecular flexibility index (Phi) is 2.46. The molecule has 3 heteroatoms. The molecule has 1 aromatic carbocycles. The van der Waals surface area contributed by atoms with Gasteiger partial charge in [-0.1, -0.05) is 24.3 Å². The van der Waals surface area contributed by atoms with Crippen LogP contribution in [0.3, 0.4) is 0 Å². The smallest absolute Gasteiger partial charge is 0.200 e. The van der Waals surface area contributed by atoms with Crippen LogP contribution in [0.1, 0.15) is 16.8 Å². The quantitative estimate of drug-likeness (QED) is 0.808. The Hall–Kier alpha value is -1.77. The lowest BCUT2D eigenvalue weighted by molar-refractivity contribution is 0.804. The average molecular weight is 201 g/mol. The second-order valence-electron chi connectivity index (χ2n) is 3.79. The monoisotopic (exact) mass is 201 g/mol. The minimum atomic E-state index is 0.579. The van der Waals surface area contributed by atoms with E-state index in [9.17, 15) is 0 Å². The SMILES string of the molecule is Cc1cn(Cc2ccccc2C)c(N)n1. The van der Waals surface area contributed by atoms with Crippen LogP contribution in [0.5, 0.6) is 0 Å². The first-order valence-electron chi connectivity index (χ1n) is 5.00. The number of nitrogen functional groups attached to an aromatic ring is 1. The van der Waals surface area contributed by atoms with Gasteiger partial charge < -0.3 is 10.3 Å². The van der Waals surface area contributed by atoms with Crippen molar-refractivity contribution in [2.45, 2.75) is 20.4 Å². The van der Waals surface area contributed by atoms with Gasteiger partial charge in [0.2, 0.25) is 5.95 Å². The number of aromatic nitrogens is 2. The number of hydrogen-bond donors (Lipinski definition) is 1. The fourth-order valence-corrected chi connectivity index (χ4v) is 1.66. The Morgan fingerprint density at radius 3 is 2.60 bits per heavy atom. The molecule has 1 aromatic heterocycles. The highest BCUT2D eigenvalue weighted by molar-refractivity contribution is 5.29. The van der Waals surface area contributed by atoms with Crippen LogP contribution in [0, 0.1) is 13.8 Å². The number of nitrogens with zero attached hydrogens (tertiary/aromatic N) is 2. The summed E-state index contributed by atoms with van der Waals surface area (Å²) in [5.41, 5.74) is 9.31. The van der Waals surface area contributed by atoms with E-state index in [1.807, 2.05) is 29.8 Å². The molecule has 0 amide bonds. The summed E-state index contributed by atoms with van der Waals surface area (Å²) < 4.78 is 1.97. The number of imidazole rings is 1. The second-order valence-corrected chi connectivity index (χ2v) is 3.79. The van der Waals surface area contributed by atoms with Gasteiger partial charge in [-0.15, -0.1) is 0 Å². The van der Waals surface area contributed by atoms with Crippen molar-refractivity contribution in [1.82, 2.24) is 9.55 Å². The Morgan fingerprint density at radius 1 is 1.27 bits per heavy atom. The first kappa shape index (κ1) is 9.77. The van der Waals surface area contributed by atoms with E-state index in [0.29, 0.717) is 5.95 Å². The van der Waals surface area contributed by atoms with Gasteiger partial charge in [-0.05, 0) is 25.0 Å². The minimum Gasteiger partial charge on any atom is -0.369 e. The van der Waals surface area contributed by atoms with Crippen LogP contribution in [0.2, 0.25) is 0 Å². The first-order valence-corrected chi connectivity index (χ1v) is 5.00. The van der Waals surface area contributed by atoms with E-state index in [0.717, 1.165) is 12.2 Å². The maximum atomic E-state index is 5.79. The summed E-state index contributed by atoms with van der Waals surface area (Å²) in [6.45, 7) is 4.85. The van der Waals surface area contributed by atoms with Gasteiger partial charge in [-0.25, -0.2) is 4.98 Å². The summed E-state index contributed by atoms with van der Waals surface area (Å²) in [4.78, 5) is 4.18. The molecular weight excluding hydrogens is 186 g/mol. The Morgan fingerprint density at radius 2 is 2.00 bits per heavy atom. The van der Waals surface area contributed by atoms with Crippen molar-refractivity contribution in [1.29, 1.82) is 0 Å². The molecule has 3 nitrogen and oxygen atoms in total. The third-order valence-corrected chi connectivity index (χ3v) is 2.53. The molecule has 0 fully saturated rings. The topological polar surface area (TPSA) is 43.8 Å². The van der Waals surface area contributed by atoms with Crippen LogP contribution in [-0.4, -0.2) is 9.55 Å². The molecule has 1 heterocycles. The second kappa shape index (κ2) is 3.77. The molecule has 0 unspecified atom stereocenters. The third kappa shape index (κ3) is 2.01. The molecule has 0 bridgehead atoms. The largest absolute Gasteiger partial charge is 0.369 e. The van der Waals surface area contributed by atoms with E-state index in [1.165, 1.54) is 11.1 Å². The van der Waals surface area contributed by atoms with Gasteiger partial charge in [0.15, 0.2) is 0 Å². The van der Waals surface area contributed by atoms with Crippen molar-refractivity contribution in [3.05, 3.63) is 47.3 Å². The Bertz CT molecular complexity index is 471. The average Bonchev–Trinajstić information content (AvgIpc) is 2.49. The van der Waals surface area contributed by atoms with Crippen LogP contribution < -0.4 is 5.73 Å². The number of aryl methyl sites for hydroxylation is 2. The Labute approximate surface area is 89.6 Å². The van der Waals surface area contributed by atoms with Crippen LogP contribution in [0.15, 0.2) is 30.5 Å². The Balaban J connectivity index is 2.29. The molecular formula is C12H15N3. The van der Waals surface area contributed by atoms with Gasteiger partial charge >= 0.3 is 0 Å². The van der Waals surface area contributed by atoms with Gasteiger partial charge in [0.25, 0.3) is 0 Å². The molecule has 0 spiro atoms. The zero-order valence-corrected chi connectivity index (χ0v) is 9.07. The molecule has 2 rings (SSSR count). The normalized spacial score (nSPS) is 10.5. The number of hydrogen-bond acceptors (Lipinski definition) is 2.